The van der Waals surface area contributed by atoms with Gasteiger partial charge in [-0.05, 0) is 30.0 Å². The molecule has 3 nitrogen and oxygen atoms in total. The van der Waals surface area contributed by atoms with Crippen molar-refractivity contribution in [3.63, 3.8) is 0 Å². The fourth-order valence-electron chi connectivity index (χ4n) is 2.04. The molecular formula is C14H19NO2S. The highest BCUT2D eigenvalue weighted by atomic mass is 32.2. The van der Waals surface area contributed by atoms with Crippen LogP contribution in [0, 0.1) is 0 Å². The SMILES string of the molecule is CC(C)c1ccc2c(c1)SCC(CCC(=O)O)N2. The number of carbonyl (C=O) groups is 1. The number of nitrogens with one attached hydrogen (secondary N) is 1. The average molecular weight is 265 g/mol. The van der Waals surface area contributed by atoms with E-state index in [9.17, 15) is 4.79 Å². The molecule has 1 unspecified atom stereocenters. The Balaban J connectivity index is 2.04. The summed E-state index contributed by atoms with van der Waals surface area (Å²) in [6.45, 7) is 4.39. The van der Waals surface area contributed by atoms with E-state index in [2.05, 4.69) is 37.4 Å². The number of fused-ring (bicyclic) bond motifs is 1. The number of thioether (sulfide) groups is 1. The Hall–Kier alpha value is -1.16. The zero-order valence-corrected chi connectivity index (χ0v) is 11.6. The molecule has 0 aliphatic carbocycles. The highest BCUT2D eigenvalue weighted by Gasteiger charge is 2.19. The van der Waals surface area contributed by atoms with E-state index in [4.69, 9.17) is 5.11 Å². The van der Waals surface area contributed by atoms with Gasteiger partial charge in [0.15, 0.2) is 0 Å². The van der Waals surface area contributed by atoms with Crippen molar-refractivity contribution in [2.24, 2.45) is 0 Å². The molecule has 1 atom stereocenters. The summed E-state index contributed by atoms with van der Waals surface area (Å²) < 4.78 is 0. The fraction of sp³-hybridized carbons (Fsp3) is 0.500. The van der Waals surface area contributed by atoms with Gasteiger partial charge in [-0.1, -0.05) is 19.9 Å². The zero-order valence-electron chi connectivity index (χ0n) is 10.8. The number of benzene rings is 1. The Bertz CT molecular complexity index is 445. The molecule has 0 saturated carbocycles. The molecule has 1 aliphatic heterocycles. The standard InChI is InChI=1S/C14H19NO2S/c1-9(2)10-3-5-12-13(7-10)18-8-11(15-12)4-6-14(16)17/h3,5,7,9,11,15H,4,6,8H2,1-2H3,(H,16,17). The number of anilines is 1. The lowest BCUT2D eigenvalue weighted by molar-refractivity contribution is -0.137. The van der Waals surface area contributed by atoms with E-state index in [0.29, 0.717) is 12.3 Å². The largest absolute Gasteiger partial charge is 0.481 e. The molecular weight excluding hydrogens is 246 g/mol. The number of carboxylic acids is 1. The van der Waals surface area contributed by atoms with Crippen LogP contribution in [-0.2, 0) is 4.79 Å². The van der Waals surface area contributed by atoms with Crippen LogP contribution in [0.25, 0.3) is 0 Å². The van der Waals surface area contributed by atoms with Gasteiger partial charge in [-0.3, -0.25) is 4.79 Å². The van der Waals surface area contributed by atoms with Crippen LogP contribution >= 0.6 is 11.8 Å². The Labute approximate surface area is 112 Å². The summed E-state index contributed by atoms with van der Waals surface area (Å²) >= 11 is 1.82. The summed E-state index contributed by atoms with van der Waals surface area (Å²) in [5.74, 6) is 0.769. The fourth-order valence-corrected chi connectivity index (χ4v) is 3.17. The van der Waals surface area contributed by atoms with Crippen molar-refractivity contribution in [2.75, 3.05) is 11.1 Å². The van der Waals surface area contributed by atoms with Crippen LogP contribution in [0.2, 0.25) is 0 Å². The lowest BCUT2D eigenvalue weighted by atomic mass is 10.0. The van der Waals surface area contributed by atoms with E-state index >= 15 is 0 Å². The van der Waals surface area contributed by atoms with E-state index in [-0.39, 0.29) is 12.5 Å². The van der Waals surface area contributed by atoms with Crippen LogP contribution < -0.4 is 5.32 Å². The van der Waals surface area contributed by atoms with Crippen molar-refractivity contribution >= 4 is 23.4 Å². The molecule has 0 spiro atoms. The van der Waals surface area contributed by atoms with Crippen LogP contribution in [-0.4, -0.2) is 22.9 Å². The lowest BCUT2D eigenvalue weighted by Crippen LogP contribution is -2.26. The quantitative estimate of drug-likeness (QED) is 0.874. The summed E-state index contributed by atoms with van der Waals surface area (Å²) in [7, 11) is 0. The molecule has 4 heteroatoms. The Kier molecular flexibility index (Phi) is 4.17. The van der Waals surface area contributed by atoms with E-state index < -0.39 is 5.97 Å². The second-order valence-corrected chi connectivity index (χ2v) is 6.06. The van der Waals surface area contributed by atoms with Crippen molar-refractivity contribution < 1.29 is 9.90 Å². The van der Waals surface area contributed by atoms with Crippen LogP contribution in [0.1, 0.15) is 38.2 Å². The maximum Gasteiger partial charge on any atom is 0.303 e. The van der Waals surface area contributed by atoms with Crippen molar-refractivity contribution in [2.45, 2.75) is 43.5 Å². The van der Waals surface area contributed by atoms with Crippen LogP contribution in [0.15, 0.2) is 23.1 Å². The first-order chi connectivity index (χ1) is 8.56. The molecule has 18 heavy (non-hydrogen) atoms. The van der Waals surface area contributed by atoms with Crippen molar-refractivity contribution in [3.05, 3.63) is 23.8 Å². The number of aliphatic carboxylic acids is 1. The molecule has 2 rings (SSSR count). The van der Waals surface area contributed by atoms with Crippen LogP contribution in [0.4, 0.5) is 5.69 Å². The summed E-state index contributed by atoms with van der Waals surface area (Å²) in [6.07, 6.45) is 0.922. The van der Waals surface area contributed by atoms with Gasteiger partial charge in [0.25, 0.3) is 0 Å². The summed E-state index contributed by atoms with van der Waals surface area (Å²) in [5.41, 5.74) is 2.50. The van der Waals surface area contributed by atoms with E-state index in [1.54, 1.807) is 0 Å². The van der Waals surface area contributed by atoms with E-state index in [0.717, 1.165) is 11.4 Å². The number of carboxylic acid groups (broad SMARTS) is 1. The molecule has 98 valence electrons. The smallest absolute Gasteiger partial charge is 0.303 e. The van der Waals surface area contributed by atoms with Gasteiger partial charge in [0.05, 0.1) is 0 Å². The molecule has 0 aromatic heterocycles. The third kappa shape index (κ3) is 3.19. The van der Waals surface area contributed by atoms with E-state index in [1.165, 1.54) is 10.5 Å². The molecule has 0 saturated heterocycles. The van der Waals surface area contributed by atoms with Gasteiger partial charge in [0, 0.05) is 28.8 Å². The van der Waals surface area contributed by atoms with Gasteiger partial charge in [0.1, 0.15) is 0 Å². The first kappa shape index (κ1) is 13.3. The van der Waals surface area contributed by atoms with Crippen molar-refractivity contribution in [1.29, 1.82) is 0 Å². The average Bonchev–Trinajstić information content (AvgIpc) is 2.35. The maximum absolute atomic E-state index is 10.6. The third-order valence-electron chi connectivity index (χ3n) is 3.18. The maximum atomic E-state index is 10.6. The molecule has 1 aromatic carbocycles. The highest BCUT2D eigenvalue weighted by Crippen LogP contribution is 2.36. The molecule has 0 radical (unpaired) electrons. The van der Waals surface area contributed by atoms with Gasteiger partial charge in [-0.25, -0.2) is 0 Å². The Morgan fingerprint density at radius 2 is 2.33 bits per heavy atom. The molecule has 1 aromatic rings. The normalized spacial score (nSPS) is 18.3. The minimum Gasteiger partial charge on any atom is -0.481 e. The summed E-state index contributed by atoms with van der Waals surface area (Å²) in [5, 5.41) is 12.1. The van der Waals surface area contributed by atoms with Crippen LogP contribution in [0.3, 0.4) is 0 Å². The Morgan fingerprint density at radius 3 is 3.00 bits per heavy atom. The molecule has 1 heterocycles. The first-order valence-electron chi connectivity index (χ1n) is 6.31. The van der Waals surface area contributed by atoms with Gasteiger partial charge < -0.3 is 10.4 Å². The van der Waals surface area contributed by atoms with Crippen molar-refractivity contribution in [3.8, 4) is 0 Å². The van der Waals surface area contributed by atoms with Gasteiger partial charge >= 0.3 is 5.97 Å². The minimum absolute atomic E-state index is 0.234. The monoisotopic (exact) mass is 265 g/mol. The topological polar surface area (TPSA) is 49.3 Å². The van der Waals surface area contributed by atoms with Gasteiger partial charge in [0.2, 0.25) is 0 Å². The number of rotatable bonds is 4. The summed E-state index contributed by atoms with van der Waals surface area (Å²) in [6, 6.07) is 6.77. The second kappa shape index (κ2) is 5.65. The molecule has 2 N–H and O–H groups in total. The second-order valence-electron chi connectivity index (χ2n) is 4.99. The summed E-state index contributed by atoms with van der Waals surface area (Å²) in [4.78, 5) is 11.9. The molecule has 0 fully saturated rings. The third-order valence-corrected chi connectivity index (χ3v) is 4.40. The Morgan fingerprint density at radius 1 is 1.56 bits per heavy atom. The van der Waals surface area contributed by atoms with Crippen molar-refractivity contribution in [1.82, 2.24) is 0 Å². The van der Waals surface area contributed by atoms with Gasteiger partial charge in [-0.15, -0.1) is 11.8 Å². The number of hydrogen-bond acceptors (Lipinski definition) is 3. The van der Waals surface area contributed by atoms with E-state index in [1.807, 2.05) is 11.8 Å². The molecule has 1 aliphatic rings. The molecule has 0 amide bonds. The predicted octanol–water partition coefficient (Wildman–Crippen LogP) is 3.56. The lowest BCUT2D eigenvalue weighted by Gasteiger charge is -2.27. The highest BCUT2D eigenvalue weighted by molar-refractivity contribution is 7.99. The molecule has 0 bridgehead atoms. The predicted molar refractivity (Wildman–Crippen MR) is 75.5 cm³/mol. The number of hydrogen-bond donors (Lipinski definition) is 2. The zero-order chi connectivity index (χ0) is 13.1. The minimum atomic E-state index is -0.720. The van der Waals surface area contributed by atoms with Gasteiger partial charge in [-0.2, -0.15) is 0 Å². The first-order valence-corrected chi connectivity index (χ1v) is 7.30. The van der Waals surface area contributed by atoms with Crippen LogP contribution in [0.5, 0.6) is 0 Å².